The Morgan fingerprint density at radius 1 is 1.00 bits per heavy atom. The molecule has 2 amide bonds. The molecule has 1 saturated heterocycles. The van der Waals surface area contributed by atoms with E-state index in [0.29, 0.717) is 32.7 Å². The fourth-order valence-corrected chi connectivity index (χ4v) is 4.28. The molecule has 1 aliphatic heterocycles. The van der Waals surface area contributed by atoms with Gasteiger partial charge in [-0.3, -0.25) is 9.59 Å². The standard InChI is InChI=1S/C22H24N2O3/c23-21(25)19-9-8-16(22(26)24-10-12-27-13-11-24)14-20(19)18-7-3-5-15-4-1-2-6-17(15)18/h1-9,16,19-20H,10-14H2,(H2,23,25). The van der Waals surface area contributed by atoms with E-state index in [0.717, 1.165) is 16.3 Å². The van der Waals surface area contributed by atoms with Crippen LogP contribution in [0.2, 0.25) is 0 Å². The molecule has 27 heavy (non-hydrogen) atoms. The summed E-state index contributed by atoms with van der Waals surface area (Å²) in [6.45, 7) is 2.42. The van der Waals surface area contributed by atoms with Crippen molar-refractivity contribution in [2.75, 3.05) is 26.3 Å². The lowest BCUT2D eigenvalue weighted by Crippen LogP contribution is -2.44. The smallest absolute Gasteiger partial charge is 0.229 e. The third-order valence-corrected chi connectivity index (χ3v) is 5.68. The van der Waals surface area contributed by atoms with Crippen molar-refractivity contribution in [1.29, 1.82) is 0 Å². The van der Waals surface area contributed by atoms with Crippen LogP contribution in [0.25, 0.3) is 10.8 Å². The molecule has 2 aromatic rings. The summed E-state index contributed by atoms with van der Waals surface area (Å²) in [5.74, 6) is -0.968. The van der Waals surface area contributed by atoms with E-state index in [9.17, 15) is 9.59 Å². The zero-order chi connectivity index (χ0) is 18.8. The molecule has 0 saturated carbocycles. The van der Waals surface area contributed by atoms with Gasteiger partial charge in [0.05, 0.1) is 25.0 Å². The monoisotopic (exact) mass is 364 g/mol. The van der Waals surface area contributed by atoms with E-state index in [1.807, 2.05) is 35.3 Å². The van der Waals surface area contributed by atoms with Crippen molar-refractivity contribution in [1.82, 2.24) is 4.90 Å². The van der Waals surface area contributed by atoms with Gasteiger partial charge in [-0.25, -0.2) is 0 Å². The summed E-state index contributed by atoms with van der Waals surface area (Å²) in [4.78, 5) is 26.9. The van der Waals surface area contributed by atoms with Gasteiger partial charge in [0.1, 0.15) is 0 Å². The Morgan fingerprint density at radius 3 is 2.52 bits per heavy atom. The van der Waals surface area contributed by atoms with E-state index in [1.54, 1.807) is 0 Å². The van der Waals surface area contributed by atoms with Gasteiger partial charge < -0.3 is 15.4 Å². The van der Waals surface area contributed by atoms with Crippen LogP contribution < -0.4 is 5.73 Å². The Morgan fingerprint density at radius 2 is 1.74 bits per heavy atom. The number of carbonyl (C=O) groups is 2. The molecule has 1 aliphatic carbocycles. The van der Waals surface area contributed by atoms with Crippen LogP contribution >= 0.6 is 0 Å². The highest BCUT2D eigenvalue weighted by Crippen LogP contribution is 2.40. The molecule has 2 aromatic carbocycles. The highest BCUT2D eigenvalue weighted by Gasteiger charge is 2.36. The number of primary amides is 1. The van der Waals surface area contributed by atoms with Crippen LogP contribution in [-0.4, -0.2) is 43.0 Å². The molecule has 1 heterocycles. The molecular formula is C22H24N2O3. The molecule has 4 rings (SSSR count). The highest BCUT2D eigenvalue weighted by molar-refractivity contribution is 5.89. The quantitative estimate of drug-likeness (QED) is 0.851. The van der Waals surface area contributed by atoms with Gasteiger partial charge in [-0.15, -0.1) is 0 Å². The number of rotatable bonds is 3. The molecule has 2 aliphatic rings. The van der Waals surface area contributed by atoms with Gasteiger partial charge >= 0.3 is 0 Å². The predicted molar refractivity (Wildman–Crippen MR) is 104 cm³/mol. The summed E-state index contributed by atoms with van der Waals surface area (Å²) in [7, 11) is 0. The Labute approximate surface area is 158 Å². The molecule has 5 nitrogen and oxygen atoms in total. The number of benzene rings is 2. The molecule has 0 bridgehead atoms. The van der Waals surface area contributed by atoms with E-state index in [4.69, 9.17) is 10.5 Å². The van der Waals surface area contributed by atoms with Crippen molar-refractivity contribution in [3.63, 3.8) is 0 Å². The lowest BCUT2D eigenvalue weighted by Gasteiger charge is -2.34. The van der Waals surface area contributed by atoms with Crippen molar-refractivity contribution in [2.24, 2.45) is 17.6 Å². The minimum absolute atomic E-state index is 0.103. The summed E-state index contributed by atoms with van der Waals surface area (Å²) in [5.41, 5.74) is 6.79. The molecule has 3 unspecified atom stereocenters. The number of fused-ring (bicyclic) bond motifs is 1. The van der Waals surface area contributed by atoms with Crippen LogP contribution in [-0.2, 0) is 14.3 Å². The molecule has 0 radical (unpaired) electrons. The highest BCUT2D eigenvalue weighted by atomic mass is 16.5. The lowest BCUT2D eigenvalue weighted by atomic mass is 9.73. The summed E-state index contributed by atoms with van der Waals surface area (Å²) in [6.07, 6.45) is 4.30. The fourth-order valence-electron chi connectivity index (χ4n) is 4.28. The first-order chi connectivity index (χ1) is 13.1. The van der Waals surface area contributed by atoms with Crippen LogP contribution in [0.4, 0.5) is 0 Å². The maximum atomic E-state index is 13.0. The Kier molecular flexibility index (Phi) is 4.94. The topological polar surface area (TPSA) is 72.6 Å². The largest absolute Gasteiger partial charge is 0.378 e. The van der Waals surface area contributed by atoms with Crippen molar-refractivity contribution in [2.45, 2.75) is 12.3 Å². The minimum Gasteiger partial charge on any atom is -0.378 e. The molecule has 2 N–H and O–H groups in total. The van der Waals surface area contributed by atoms with Crippen molar-refractivity contribution in [3.05, 3.63) is 60.2 Å². The van der Waals surface area contributed by atoms with E-state index < -0.39 is 5.92 Å². The Bertz CT molecular complexity index is 881. The van der Waals surface area contributed by atoms with Gasteiger partial charge in [-0.2, -0.15) is 0 Å². The van der Waals surface area contributed by atoms with Crippen LogP contribution in [0.1, 0.15) is 17.9 Å². The van der Waals surface area contributed by atoms with E-state index in [1.165, 1.54) is 0 Å². The normalized spacial score (nSPS) is 25.5. The van der Waals surface area contributed by atoms with Gasteiger partial charge in [0.25, 0.3) is 0 Å². The number of nitrogens with zero attached hydrogens (tertiary/aromatic N) is 1. The van der Waals surface area contributed by atoms with Crippen molar-refractivity contribution >= 4 is 22.6 Å². The van der Waals surface area contributed by atoms with Crippen LogP contribution in [0.5, 0.6) is 0 Å². The predicted octanol–water partition coefficient (Wildman–Crippen LogP) is 2.46. The SMILES string of the molecule is NC(=O)C1C=CC(C(=O)N2CCOCC2)CC1c1cccc2ccccc12. The van der Waals surface area contributed by atoms with Crippen LogP contribution in [0.3, 0.4) is 0 Å². The average molecular weight is 364 g/mol. The molecule has 0 spiro atoms. The number of nitrogens with two attached hydrogens (primary N) is 1. The average Bonchev–Trinajstić information content (AvgIpc) is 2.73. The molecule has 5 heteroatoms. The van der Waals surface area contributed by atoms with Crippen molar-refractivity contribution < 1.29 is 14.3 Å². The second kappa shape index (κ2) is 7.53. The molecule has 3 atom stereocenters. The molecule has 140 valence electrons. The van der Waals surface area contributed by atoms with E-state index in [2.05, 4.69) is 24.3 Å². The number of ether oxygens (including phenoxy) is 1. The maximum Gasteiger partial charge on any atom is 0.229 e. The molecular weight excluding hydrogens is 340 g/mol. The van der Waals surface area contributed by atoms with Gasteiger partial charge in [0.2, 0.25) is 11.8 Å². The second-order valence-electron chi connectivity index (χ2n) is 7.27. The number of amides is 2. The fraction of sp³-hybridized carbons (Fsp3) is 0.364. The summed E-state index contributed by atoms with van der Waals surface area (Å²) in [6, 6.07) is 14.3. The van der Waals surface area contributed by atoms with Crippen molar-refractivity contribution in [3.8, 4) is 0 Å². The third kappa shape index (κ3) is 3.47. The van der Waals surface area contributed by atoms with Gasteiger partial charge in [0.15, 0.2) is 0 Å². The lowest BCUT2D eigenvalue weighted by molar-refractivity contribution is -0.139. The number of morpholine rings is 1. The zero-order valence-electron chi connectivity index (χ0n) is 15.2. The summed E-state index contributed by atoms with van der Waals surface area (Å²) < 4.78 is 5.35. The van der Waals surface area contributed by atoms with Crippen LogP contribution in [0.15, 0.2) is 54.6 Å². The molecule has 0 aromatic heterocycles. The summed E-state index contributed by atoms with van der Waals surface area (Å²) in [5, 5.41) is 2.24. The van der Waals surface area contributed by atoms with E-state index in [-0.39, 0.29) is 23.7 Å². The Hall–Kier alpha value is -2.66. The zero-order valence-corrected chi connectivity index (χ0v) is 15.2. The number of carbonyl (C=O) groups excluding carboxylic acids is 2. The third-order valence-electron chi connectivity index (χ3n) is 5.68. The number of hydrogen-bond donors (Lipinski definition) is 1. The van der Waals surface area contributed by atoms with Gasteiger partial charge in [-0.1, -0.05) is 54.6 Å². The first-order valence-electron chi connectivity index (χ1n) is 9.47. The minimum atomic E-state index is -0.399. The second-order valence-corrected chi connectivity index (χ2v) is 7.27. The van der Waals surface area contributed by atoms with Gasteiger partial charge in [0, 0.05) is 19.0 Å². The first-order valence-corrected chi connectivity index (χ1v) is 9.47. The Balaban J connectivity index is 1.68. The first kappa shape index (κ1) is 17.7. The summed E-state index contributed by atoms with van der Waals surface area (Å²) >= 11 is 0. The van der Waals surface area contributed by atoms with Crippen LogP contribution in [0, 0.1) is 11.8 Å². The number of hydrogen-bond acceptors (Lipinski definition) is 3. The van der Waals surface area contributed by atoms with Gasteiger partial charge in [-0.05, 0) is 22.8 Å². The van der Waals surface area contributed by atoms with E-state index >= 15 is 0 Å². The molecule has 1 fully saturated rings. The maximum absolute atomic E-state index is 13.0.